The highest BCUT2D eigenvalue weighted by molar-refractivity contribution is 6.07. The summed E-state index contributed by atoms with van der Waals surface area (Å²) in [4.78, 5) is 18.4. The predicted molar refractivity (Wildman–Crippen MR) is 171 cm³/mol. The number of carbonyl (C=O) groups is 1. The Hall–Kier alpha value is -4.83. The van der Waals surface area contributed by atoms with Gasteiger partial charge in [-0.1, -0.05) is 107 Å². The van der Waals surface area contributed by atoms with Crippen molar-refractivity contribution in [1.29, 1.82) is 0 Å². The largest absolute Gasteiger partial charge is 0.465 e. The Kier molecular flexibility index (Phi) is 5.81. The molecule has 0 spiro atoms. The van der Waals surface area contributed by atoms with Gasteiger partial charge in [0.25, 0.3) is 0 Å². The number of para-hydroxylation sites is 4. The van der Waals surface area contributed by atoms with E-state index in [9.17, 15) is 4.79 Å². The third-order valence-corrected chi connectivity index (χ3v) is 9.16. The van der Waals surface area contributed by atoms with Crippen LogP contribution in [0.25, 0.3) is 0 Å². The Morgan fingerprint density at radius 1 is 0.476 bits per heavy atom. The van der Waals surface area contributed by atoms with E-state index in [1.54, 1.807) is 0 Å². The summed E-state index contributed by atoms with van der Waals surface area (Å²) in [5, 5.41) is 0. The van der Waals surface area contributed by atoms with Crippen molar-refractivity contribution in [3.8, 4) is 0 Å². The van der Waals surface area contributed by atoms with Gasteiger partial charge in [0.15, 0.2) is 0 Å². The van der Waals surface area contributed by atoms with Crippen molar-refractivity contribution in [1.82, 2.24) is 0 Å². The molecular formula is C38H34N2O2. The summed E-state index contributed by atoms with van der Waals surface area (Å²) >= 11 is 0. The molecule has 0 fully saturated rings. The lowest BCUT2D eigenvalue weighted by Crippen LogP contribution is -2.33. The van der Waals surface area contributed by atoms with Gasteiger partial charge in [0.05, 0.1) is 41.2 Å². The number of esters is 1. The van der Waals surface area contributed by atoms with Gasteiger partial charge in [0, 0.05) is 10.8 Å². The molecule has 4 heteroatoms. The highest BCUT2D eigenvalue weighted by Gasteiger charge is 2.41. The smallest absolute Gasteiger partial charge is 0.342 e. The Balaban J connectivity index is 1.55. The van der Waals surface area contributed by atoms with Gasteiger partial charge in [-0.15, -0.1) is 0 Å². The summed E-state index contributed by atoms with van der Waals surface area (Å²) < 4.78 is 5.54. The van der Waals surface area contributed by atoms with E-state index in [-0.39, 0.29) is 16.8 Å². The van der Waals surface area contributed by atoms with Gasteiger partial charge in [-0.25, -0.2) is 4.79 Å². The number of fused-ring (bicyclic) bond motifs is 4. The van der Waals surface area contributed by atoms with Crippen LogP contribution >= 0.6 is 0 Å². The summed E-state index contributed by atoms with van der Waals surface area (Å²) in [5.41, 5.74) is 10.8. The first-order chi connectivity index (χ1) is 20.3. The molecule has 2 aliphatic heterocycles. The zero-order valence-corrected chi connectivity index (χ0v) is 24.7. The average Bonchev–Trinajstić information content (AvgIpc) is 3.01. The van der Waals surface area contributed by atoms with Crippen molar-refractivity contribution >= 4 is 40.1 Å². The van der Waals surface area contributed by atoms with Crippen LogP contribution in [0.4, 0.5) is 34.1 Å². The third kappa shape index (κ3) is 3.58. The number of benzene rings is 5. The van der Waals surface area contributed by atoms with Gasteiger partial charge in [-0.05, 0) is 58.7 Å². The van der Waals surface area contributed by atoms with Crippen LogP contribution in [0.3, 0.4) is 0 Å². The van der Waals surface area contributed by atoms with E-state index in [4.69, 9.17) is 4.74 Å². The fraction of sp³-hybridized carbons (Fsp3) is 0.184. The first-order valence-electron chi connectivity index (χ1n) is 14.5. The first-order valence-corrected chi connectivity index (χ1v) is 14.5. The van der Waals surface area contributed by atoms with E-state index in [2.05, 4.69) is 135 Å². The minimum atomic E-state index is -0.375. The summed E-state index contributed by atoms with van der Waals surface area (Å²) in [5.74, 6) is -0.375. The molecule has 42 heavy (non-hydrogen) atoms. The van der Waals surface area contributed by atoms with E-state index in [0.717, 1.165) is 34.1 Å². The Labute approximate surface area is 247 Å². The summed E-state index contributed by atoms with van der Waals surface area (Å²) in [6.45, 7) is 9.07. The van der Waals surface area contributed by atoms with Gasteiger partial charge in [0.1, 0.15) is 5.56 Å². The van der Waals surface area contributed by atoms with Gasteiger partial charge in [-0.3, -0.25) is 0 Å². The lowest BCUT2D eigenvalue weighted by molar-refractivity contribution is 0.0602. The molecule has 0 N–H and O–H groups in total. The first kappa shape index (κ1) is 26.1. The van der Waals surface area contributed by atoms with Crippen LogP contribution in [0.1, 0.15) is 60.3 Å². The lowest BCUT2D eigenvalue weighted by Gasteiger charge is -2.44. The van der Waals surface area contributed by atoms with E-state index < -0.39 is 0 Å². The predicted octanol–water partition coefficient (Wildman–Crippen LogP) is 9.69. The molecule has 0 atom stereocenters. The number of ether oxygens (including phenoxy) is 1. The van der Waals surface area contributed by atoms with Crippen molar-refractivity contribution in [3.05, 3.63) is 143 Å². The molecule has 208 valence electrons. The molecule has 0 radical (unpaired) electrons. The standard InChI is InChI=1S/C38H34N2O2/c1-37(2)25-15-6-10-19-29(25)39(30-20-11-7-16-26(30)37)33-23-14-24-34(35(33)36(41)42-5)40-31-21-12-8-17-27(31)38(3,4)28-18-9-13-22-32(28)40/h6-24H,1-5H3. The maximum atomic E-state index is 14.0. The molecule has 4 nitrogen and oxygen atoms in total. The van der Waals surface area contributed by atoms with E-state index in [0.29, 0.717) is 5.56 Å². The Morgan fingerprint density at radius 3 is 1.07 bits per heavy atom. The minimum absolute atomic E-state index is 0.205. The fourth-order valence-electron chi connectivity index (χ4n) is 7.07. The van der Waals surface area contributed by atoms with Crippen LogP contribution in [-0.4, -0.2) is 13.1 Å². The van der Waals surface area contributed by atoms with Crippen molar-refractivity contribution in [2.75, 3.05) is 16.9 Å². The SMILES string of the molecule is COC(=O)c1c(N2c3ccccc3C(C)(C)c3ccccc32)cccc1N1c2ccccc2C(C)(C)c2ccccc21. The van der Waals surface area contributed by atoms with E-state index in [1.165, 1.54) is 29.4 Å². The minimum Gasteiger partial charge on any atom is -0.465 e. The average molecular weight is 551 g/mol. The van der Waals surface area contributed by atoms with Crippen LogP contribution in [0, 0.1) is 0 Å². The highest BCUT2D eigenvalue weighted by Crippen LogP contribution is 2.56. The van der Waals surface area contributed by atoms with E-state index >= 15 is 0 Å². The number of carbonyl (C=O) groups excluding carboxylic acids is 1. The van der Waals surface area contributed by atoms with Crippen LogP contribution in [0.2, 0.25) is 0 Å². The highest BCUT2D eigenvalue weighted by atomic mass is 16.5. The van der Waals surface area contributed by atoms with Crippen molar-refractivity contribution in [2.45, 2.75) is 38.5 Å². The molecule has 5 aromatic carbocycles. The summed E-state index contributed by atoms with van der Waals surface area (Å²) in [7, 11) is 1.46. The van der Waals surface area contributed by atoms with Gasteiger partial charge in [0.2, 0.25) is 0 Å². The monoisotopic (exact) mass is 550 g/mol. The van der Waals surface area contributed by atoms with Crippen molar-refractivity contribution in [2.24, 2.45) is 0 Å². The van der Waals surface area contributed by atoms with Crippen LogP contribution in [0.5, 0.6) is 0 Å². The second kappa shape index (κ2) is 9.35. The number of anilines is 6. The van der Waals surface area contributed by atoms with Gasteiger partial charge in [-0.2, -0.15) is 0 Å². The Bertz CT molecular complexity index is 1650. The van der Waals surface area contributed by atoms with Crippen molar-refractivity contribution in [3.63, 3.8) is 0 Å². The van der Waals surface area contributed by atoms with Crippen LogP contribution in [0.15, 0.2) is 115 Å². The second-order valence-electron chi connectivity index (χ2n) is 12.2. The molecule has 0 bridgehead atoms. The summed E-state index contributed by atoms with van der Waals surface area (Å²) in [6, 6.07) is 40.1. The molecule has 2 heterocycles. The molecule has 7 rings (SSSR count). The Morgan fingerprint density at radius 2 is 0.762 bits per heavy atom. The normalized spacial score (nSPS) is 15.6. The molecule has 2 aliphatic rings. The molecule has 0 aromatic heterocycles. The fourth-order valence-corrected chi connectivity index (χ4v) is 7.07. The third-order valence-electron chi connectivity index (χ3n) is 9.16. The molecule has 0 aliphatic carbocycles. The quantitative estimate of drug-likeness (QED) is 0.209. The molecule has 0 saturated heterocycles. The summed E-state index contributed by atoms with van der Waals surface area (Å²) in [6.07, 6.45) is 0. The number of rotatable bonds is 3. The molecule has 0 saturated carbocycles. The number of nitrogens with zero attached hydrogens (tertiary/aromatic N) is 2. The molecule has 0 amide bonds. The van der Waals surface area contributed by atoms with Crippen LogP contribution in [-0.2, 0) is 15.6 Å². The topological polar surface area (TPSA) is 32.8 Å². The lowest BCUT2D eigenvalue weighted by atomic mass is 9.73. The molecule has 0 unspecified atom stereocenters. The number of methoxy groups -OCH3 is 1. The second-order valence-corrected chi connectivity index (χ2v) is 12.2. The maximum Gasteiger partial charge on any atom is 0.342 e. The van der Waals surface area contributed by atoms with E-state index in [1.807, 2.05) is 18.2 Å². The molecule has 5 aromatic rings. The number of hydrogen-bond donors (Lipinski definition) is 0. The maximum absolute atomic E-state index is 14.0. The van der Waals surface area contributed by atoms with Crippen molar-refractivity contribution < 1.29 is 9.53 Å². The number of hydrogen-bond acceptors (Lipinski definition) is 4. The van der Waals surface area contributed by atoms with Gasteiger partial charge < -0.3 is 14.5 Å². The zero-order chi connectivity index (χ0) is 29.2. The van der Waals surface area contributed by atoms with Crippen LogP contribution < -0.4 is 9.80 Å². The zero-order valence-electron chi connectivity index (χ0n) is 24.7. The molecular weight excluding hydrogens is 516 g/mol. The van der Waals surface area contributed by atoms with Gasteiger partial charge >= 0.3 is 5.97 Å².